The quantitative estimate of drug-likeness (QED) is 0.509. The van der Waals surface area contributed by atoms with E-state index in [0.29, 0.717) is 17.2 Å². The van der Waals surface area contributed by atoms with Crippen molar-refractivity contribution in [3.8, 4) is 0 Å². The van der Waals surface area contributed by atoms with Gasteiger partial charge in [0.05, 0.1) is 0 Å². The van der Waals surface area contributed by atoms with Crippen LogP contribution in [0.2, 0.25) is 0 Å². The second-order valence-corrected chi connectivity index (χ2v) is 2.78. The molecule has 0 aromatic carbocycles. The van der Waals surface area contributed by atoms with Gasteiger partial charge in [0, 0.05) is 5.69 Å². The largest absolute Gasteiger partial charge is 1.00 e. The van der Waals surface area contributed by atoms with Crippen LogP contribution >= 0.6 is 11.5 Å². The Kier molecular flexibility index (Phi) is 4.83. The standard InChI is InChI=1S/C4H4BF3NS.K/c1-3-2-4(10-9-3)5(6,7)8;/h2H,1H3;/q-1;+1. The van der Waals surface area contributed by atoms with Crippen molar-refractivity contribution in [1.29, 1.82) is 0 Å². The summed E-state index contributed by atoms with van der Waals surface area (Å²) >= 11 is 0.509. The third-order valence-corrected chi connectivity index (χ3v) is 1.94. The van der Waals surface area contributed by atoms with E-state index in [4.69, 9.17) is 0 Å². The van der Waals surface area contributed by atoms with Gasteiger partial charge in [-0.05, 0) is 11.7 Å². The number of nitrogens with zero attached hydrogens (tertiary/aromatic N) is 1. The van der Waals surface area contributed by atoms with Gasteiger partial charge in [-0.3, -0.25) is 0 Å². The summed E-state index contributed by atoms with van der Waals surface area (Å²) in [5.41, 5.74) is 0.430. The molecule has 1 rings (SSSR count). The van der Waals surface area contributed by atoms with Crippen molar-refractivity contribution in [2.24, 2.45) is 0 Å². The number of halogens is 3. The first-order valence-electron chi connectivity index (χ1n) is 2.63. The minimum absolute atomic E-state index is 0. The third-order valence-electron chi connectivity index (χ3n) is 0.969. The first-order valence-corrected chi connectivity index (χ1v) is 3.40. The molecule has 0 aliphatic carbocycles. The molecule has 0 saturated carbocycles. The minimum atomic E-state index is -4.83. The van der Waals surface area contributed by atoms with Gasteiger partial charge in [0.25, 0.3) is 0 Å². The summed E-state index contributed by atoms with van der Waals surface area (Å²) in [4.78, 5) is 0. The minimum Gasteiger partial charge on any atom is -0.444 e. The first-order chi connectivity index (χ1) is 4.50. The van der Waals surface area contributed by atoms with Crippen LogP contribution in [0.25, 0.3) is 0 Å². The van der Waals surface area contributed by atoms with Crippen molar-refractivity contribution >= 4 is 23.3 Å². The Hall–Kier alpha value is 1.12. The zero-order valence-electron chi connectivity index (χ0n) is 6.14. The molecule has 7 heteroatoms. The smallest absolute Gasteiger partial charge is 0.444 e. The van der Waals surface area contributed by atoms with E-state index in [0.717, 1.165) is 6.07 Å². The van der Waals surface area contributed by atoms with Crippen LogP contribution in [0, 0.1) is 6.92 Å². The molecule has 0 atom stereocenters. The Morgan fingerprint density at radius 1 is 1.45 bits per heavy atom. The van der Waals surface area contributed by atoms with E-state index >= 15 is 0 Å². The number of rotatable bonds is 1. The van der Waals surface area contributed by atoms with Gasteiger partial charge in [-0.15, -0.1) is 0 Å². The number of hydrogen-bond acceptors (Lipinski definition) is 2. The van der Waals surface area contributed by atoms with Crippen LogP contribution in [-0.2, 0) is 0 Å². The van der Waals surface area contributed by atoms with Gasteiger partial charge < -0.3 is 12.9 Å². The molecule has 0 saturated heterocycles. The van der Waals surface area contributed by atoms with Crippen molar-refractivity contribution < 1.29 is 64.3 Å². The SMILES string of the molecule is Cc1cc([B-](F)(F)F)sn1.[K+]. The maximum atomic E-state index is 11.8. The zero-order valence-corrected chi connectivity index (χ0v) is 10.1. The summed E-state index contributed by atoms with van der Waals surface area (Å²) in [5.74, 6) is 0. The fourth-order valence-electron chi connectivity index (χ4n) is 0.538. The van der Waals surface area contributed by atoms with E-state index in [1.165, 1.54) is 0 Å². The molecule has 11 heavy (non-hydrogen) atoms. The molecule has 56 valence electrons. The summed E-state index contributed by atoms with van der Waals surface area (Å²) in [6, 6.07) is 1.06. The Morgan fingerprint density at radius 3 is 2.18 bits per heavy atom. The first kappa shape index (κ1) is 12.1. The Balaban J connectivity index is 0.000001000. The molecule has 0 amide bonds. The summed E-state index contributed by atoms with van der Waals surface area (Å²) in [7, 11) is 0. The van der Waals surface area contributed by atoms with Gasteiger partial charge in [-0.1, -0.05) is 17.6 Å². The Morgan fingerprint density at radius 2 is 2.00 bits per heavy atom. The molecule has 1 heterocycles. The second-order valence-electron chi connectivity index (χ2n) is 1.95. The van der Waals surface area contributed by atoms with E-state index in [-0.39, 0.29) is 51.4 Å². The summed E-state index contributed by atoms with van der Waals surface area (Å²) in [6.45, 7) is -3.28. The molecule has 1 aromatic rings. The van der Waals surface area contributed by atoms with E-state index in [2.05, 4.69) is 4.37 Å². The molecule has 1 nitrogen and oxygen atoms in total. The van der Waals surface area contributed by atoms with Crippen molar-refractivity contribution in [2.75, 3.05) is 0 Å². The maximum Gasteiger partial charge on any atom is 1.00 e. The third kappa shape index (κ3) is 3.56. The molecule has 0 unspecified atom stereocenters. The molecule has 0 N–H and O–H groups in total. The van der Waals surface area contributed by atoms with Crippen LogP contribution in [0.3, 0.4) is 0 Å². The van der Waals surface area contributed by atoms with Gasteiger partial charge in [-0.25, -0.2) is 4.37 Å². The van der Waals surface area contributed by atoms with Crippen molar-refractivity contribution in [3.63, 3.8) is 0 Å². The monoisotopic (exact) mass is 205 g/mol. The van der Waals surface area contributed by atoms with Gasteiger partial charge >= 0.3 is 58.4 Å². The molecular formula is C4H4BF3KNS. The van der Waals surface area contributed by atoms with Gasteiger partial charge in [0.2, 0.25) is 0 Å². The number of aromatic nitrogens is 1. The molecule has 0 radical (unpaired) electrons. The molecular weight excluding hydrogens is 201 g/mol. The summed E-state index contributed by atoms with van der Waals surface area (Å²) in [6.07, 6.45) is 0. The Bertz CT molecular complexity index is 235. The summed E-state index contributed by atoms with van der Waals surface area (Å²) < 4.78 is 38.5. The van der Waals surface area contributed by atoms with Crippen LogP contribution in [-0.4, -0.2) is 11.4 Å². The van der Waals surface area contributed by atoms with Gasteiger partial charge in [0.1, 0.15) is 0 Å². The van der Waals surface area contributed by atoms with Crippen LogP contribution in [0.1, 0.15) is 5.69 Å². The van der Waals surface area contributed by atoms with Crippen molar-refractivity contribution in [3.05, 3.63) is 11.8 Å². The average molecular weight is 205 g/mol. The van der Waals surface area contributed by atoms with Crippen LogP contribution in [0.15, 0.2) is 6.07 Å². The molecule has 1 aromatic heterocycles. The fraction of sp³-hybridized carbons (Fsp3) is 0.250. The molecule has 0 bridgehead atoms. The number of hydrogen-bond donors (Lipinski definition) is 0. The topological polar surface area (TPSA) is 12.9 Å². The molecule has 0 aliphatic heterocycles. The van der Waals surface area contributed by atoms with Gasteiger partial charge in [-0.2, -0.15) is 0 Å². The van der Waals surface area contributed by atoms with Crippen LogP contribution in [0.5, 0.6) is 0 Å². The van der Waals surface area contributed by atoms with E-state index < -0.39 is 11.8 Å². The molecule has 0 aliphatic rings. The zero-order chi connectivity index (χ0) is 7.78. The van der Waals surface area contributed by atoms with Gasteiger partial charge in [0.15, 0.2) is 0 Å². The Labute approximate surface area is 109 Å². The van der Waals surface area contributed by atoms with Crippen molar-refractivity contribution in [2.45, 2.75) is 6.92 Å². The second kappa shape index (κ2) is 4.38. The maximum absolute atomic E-state index is 11.8. The van der Waals surface area contributed by atoms with E-state index in [9.17, 15) is 12.9 Å². The van der Waals surface area contributed by atoms with Crippen LogP contribution < -0.4 is 56.2 Å². The summed E-state index contributed by atoms with van der Waals surface area (Å²) in [5, 5.41) is 0. The van der Waals surface area contributed by atoms with Crippen LogP contribution in [0.4, 0.5) is 12.9 Å². The predicted molar refractivity (Wildman–Crippen MR) is 35.6 cm³/mol. The number of aryl methyl sites for hydroxylation is 1. The average Bonchev–Trinajstić information content (AvgIpc) is 2.11. The normalized spacial score (nSPS) is 10.9. The molecule has 0 spiro atoms. The van der Waals surface area contributed by atoms with E-state index in [1.807, 2.05) is 0 Å². The fourth-order valence-corrected chi connectivity index (χ4v) is 1.18. The van der Waals surface area contributed by atoms with Crippen molar-refractivity contribution in [1.82, 2.24) is 4.37 Å². The molecule has 0 fully saturated rings. The predicted octanol–water partition coefficient (Wildman–Crippen LogP) is -1.49. The van der Waals surface area contributed by atoms with E-state index in [1.54, 1.807) is 6.92 Å².